The molecule has 2 heterocycles. The molecule has 0 radical (unpaired) electrons. The number of hydrogen-bond donors (Lipinski definition) is 2. The highest BCUT2D eigenvalue weighted by atomic mass is 35.5. The molecule has 1 aliphatic rings. The molecule has 108 valence electrons. The Hall–Kier alpha value is -0.580. The standard InChI is InChI=1S/C14H22N2OS.ClH/c1-9-6-13(11(3)18-9)10(2)16-14(17)7-12-4-5-15-8-12;/h6,10,12,15H,4-5,7-8H2,1-3H3,(H,16,17);1H. The van der Waals surface area contributed by atoms with Gasteiger partial charge < -0.3 is 10.6 Å². The Morgan fingerprint density at radius 3 is 2.84 bits per heavy atom. The largest absolute Gasteiger partial charge is 0.350 e. The summed E-state index contributed by atoms with van der Waals surface area (Å²) in [4.78, 5) is 14.6. The van der Waals surface area contributed by atoms with Gasteiger partial charge in [-0.1, -0.05) is 0 Å². The van der Waals surface area contributed by atoms with Crippen LogP contribution in [0, 0.1) is 19.8 Å². The van der Waals surface area contributed by atoms with Crippen LogP contribution in [0.3, 0.4) is 0 Å². The molecule has 0 saturated carbocycles. The number of halogens is 1. The van der Waals surface area contributed by atoms with E-state index >= 15 is 0 Å². The van der Waals surface area contributed by atoms with Gasteiger partial charge in [0.25, 0.3) is 0 Å². The smallest absolute Gasteiger partial charge is 0.220 e. The number of rotatable bonds is 4. The van der Waals surface area contributed by atoms with Crippen molar-refractivity contribution < 1.29 is 4.79 Å². The monoisotopic (exact) mass is 302 g/mol. The van der Waals surface area contributed by atoms with Crippen LogP contribution >= 0.6 is 23.7 Å². The molecule has 1 amide bonds. The highest BCUT2D eigenvalue weighted by Crippen LogP contribution is 2.26. The van der Waals surface area contributed by atoms with Crippen LogP contribution in [0.5, 0.6) is 0 Å². The Labute approximate surface area is 125 Å². The second-order valence-corrected chi connectivity index (χ2v) is 6.68. The van der Waals surface area contributed by atoms with Crippen LogP contribution in [-0.2, 0) is 4.79 Å². The molecule has 0 aromatic carbocycles. The Bertz CT molecular complexity index is 427. The number of carbonyl (C=O) groups excluding carboxylic acids is 1. The fourth-order valence-corrected chi connectivity index (χ4v) is 3.63. The number of nitrogens with one attached hydrogen (secondary N) is 2. The number of aryl methyl sites for hydroxylation is 2. The minimum atomic E-state index is 0. The van der Waals surface area contributed by atoms with Gasteiger partial charge in [0.15, 0.2) is 0 Å². The first-order valence-electron chi connectivity index (χ1n) is 6.63. The average molecular weight is 303 g/mol. The van der Waals surface area contributed by atoms with Crippen LogP contribution in [-0.4, -0.2) is 19.0 Å². The summed E-state index contributed by atoms with van der Waals surface area (Å²) in [6.45, 7) is 8.34. The van der Waals surface area contributed by atoms with Gasteiger partial charge >= 0.3 is 0 Å². The molecule has 2 atom stereocenters. The third-order valence-corrected chi connectivity index (χ3v) is 4.54. The zero-order chi connectivity index (χ0) is 13.1. The molecule has 1 aliphatic heterocycles. The second-order valence-electron chi connectivity index (χ2n) is 5.22. The van der Waals surface area contributed by atoms with E-state index in [1.165, 1.54) is 15.3 Å². The number of hydrogen-bond acceptors (Lipinski definition) is 3. The SMILES string of the molecule is Cc1cc(C(C)NC(=O)CC2CCNC2)c(C)s1.Cl. The molecule has 2 unspecified atom stereocenters. The zero-order valence-electron chi connectivity index (χ0n) is 11.8. The lowest BCUT2D eigenvalue weighted by molar-refractivity contribution is -0.122. The maximum atomic E-state index is 12.0. The number of carbonyl (C=O) groups is 1. The Morgan fingerprint density at radius 2 is 2.32 bits per heavy atom. The third kappa shape index (κ3) is 4.48. The molecule has 19 heavy (non-hydrogen) atoms. The summed E-state index contributed by atoms with van der Waals surface area (Å²) in [6, 6.07) is 2.30. The van der Waals surface area contributed by atoms with E-state index in [1.807, 2.05) is 0 Å². The van der Waals surface area contributed by atoms with Gasteiger partial charge in [0, 0.05) is 16.2 Å². The van der Waals surface area contributed by atoms with E-state index in [2.05, 4.69) is 37.5 Å². The fourth-order valence-electron chi connectivity index (χ4n) is 2.61. The van der Waals surface area contributed by atoms with Crippen LogP contribution in [0.4, 0.5) is 0 Å². The molecule has 5 heteroatoms. The Morgan fingerprint density at radius 1 is 1.58 bits per heavy atom. The molecule has 3 nitrogen and oxygen atoms in total. The van der Waals surface area contributed by atoms with Crippen LogP contribution < -0.4 is 10.6 Å². The highest BCUT2D eigenvalue weighted by Gasteiger charge is 2.20. The quantitative estimate of drug-likeness (QED) is 0.898. The van der Waals surface area contributed by atoms with Crippen molar-refractivity contribution in [3.05, 3.63) is 21.4 Å². The molecule has 1 fully saturated rings. The second kappa shape index (κ2) is 7.27. The van der Waals surface area contributed by atoms with Gasteiger partial charge in [-0.3, -0.25) is 4.79 Å². The molecule has 1 saturated heterocycles. The predicted molar refractivity (Wildman–Crippen MR) is 83.2 cm³/mol. The topological polar surface area (TPSA) is 41.1 Å². The lowest BCUT2D eigenvalue weighted by atomic mass is 10.0. The summed E-state index contributed by atoms with van der Waals surface area (Å²) in [5, 5.41) is 6.41. The van der Waals surface area contributed by atoms with Gasteiger partial charge in [-0.15, -0.1) is 23.7 Å². The van der Waals surface area contributed by atoms with E-state index in [0.29, 0.717) is 12.3 Å². The van der Waals surface area contributed by atoms with Gasteiger partial charge in [-0.05, 0) is 57.8 Å². The van der Waals surface area contributed by atoms with E-state index in [-0.39, 0.29) is 24.4 Å². The first-order valence-corrected chi connectivity index (χ1v) is 7.45. The molecular weight excluding hydrogens is 280 g/mol. The van der Waals surface area contributed by atoms with Crippen molar-refractivity contribution in [3.63, 3.8) is 0 Å². The number of thiophene rings is 1. The maximum absolute atomic E-state index is 12.0. The summed E-state index contributed by atoms with van der Waals surface area (Å²) < 4.78 is 0. The van der Waals surface area contributed by atoms with Crippen molar-refractivity contribution >= 4 is 29.7 Å². The van der Waals surface area contributed by atoms with Gasteiger partial charge in [0.2, 0.25) is 5.91 Å². The van der Waals surface area contributed by atoms with Crippen LogP contribution in [0.15, 0.2) is 6.07 Å². The summed E-state index contributed by atoms with van der Waals surface area (Å²) in [7, 11) is 0. The lowest BCUT2D eigenvalue weighted by Crippen LogP contribution is -2.29. The molecule has 2 N–H and O–H groups in total. The molecule has 2 rings (SSSR count). The van der Waals surface area contributed by atoms with Crippen molar-refractivity contribution in [1.29, 1.82) is 0 Å². The van der Waals surface area contributed by atoms with E-state index in [0.717, 1.165) is 19.5 Å². The van der Waals surface area contributed by atoms with Gasteiger partial charge in [-0.25, -0.2) is 0 Å². The Balaban J connectivity index is 0.00000180. The summed E-state index contributed by atoms with van der Waals surface area (Å²) in [5.41, 5.74) is 1.26. The van der Waals surface area contributed by atoms with E-state index in [1.54, 1.807) is 11.3 Å². The van der Waals surface area contributed by atoms with Crippen molar-refractivity contribution in [2.45, 2.75) is 39.7 Å². The van der Waals surface area contributed by atoms with Crippen LogP contribution in [0.1, 0.15) is 41.1 Å². The molecule has 0 aliphatic carbocycles. The van der Waals surface area contributed by atoms with Crippen molar-refractivity contribution in [3.8, 4) is 0 Å². The van der Waals surface area contributed by atoms with Gasteiger partial charge in [0.1, 0.15) is 0 Å². The minimum absolute atomic E-state index is 0. The summed E-state index contributed by atoms with van der Waals surface area (Å²) >= 11 is 1.80. The van der Waals surface area contributed by atoms with E-state index in [4.69, 9.17) is 0 Å². The normalized spacial score (nSPS) is 19.8. The number of amides is 1. The minimum Gasteiger partial charge on any atom is -0.350 e. The first kappa shape index (κ1) is 16.5. The van der Waals surface area contributed by atoms with Crippen LogP contribution in [0.25, 0.3) is 0 Å². The molecule has 1 aromatic heterocycles. The summed E-state index contributed by atoms with van der Waals surface area (Å²) in [6.07, 6.45) is 1.78. The van der Waals surface area contributed by atoms with E-state index < -0.39 is 0 Å². The van der Waals surface area contributed by atoms with E-state index in [9.17, 15) is 4.79 Å². The van der Waals surface area contributed by atoms with Gasteiger partial charge in [0.05, 0.1) is 6.04 Å². The highest BCUT2D eigenvalue weighted by molar-refractivity contribution is 7.12. The van der Waals surface area contributed by atoms with Crippen molar-refractivity contribution in [1.82, 2.24) is 10.6 Å². The average Bonchev–Trinajstić information content (AvgIpc) is 2.88. The zero-order valence-corrected chi connectivity index (χ0v) is 13.4. The first-order chi connectivity index (χ1) is 8.56. The maximum Gasteiger partial charge on any atom is 0.220 e. The molecule has 1 aromatic rings. The third-order valence-electron chi connectivity index (χ3n) is 3.56. The molecular formula is C14H23ClN2OS. The lowest BCUT2D eigenvalue weighted by Gasteiger charge is -2.15. The van der Waals surface area contributed by atoms with Crippen LogP contribution in [0.2, 0.25) is 0 Å². The summed E-state index contributed by atoms with van der Waals surface area (Å²) in [5.74, 6) is 0.696. The van der Waals surface area contributed by atoms with Crippen molar-refractivity contribution in [2.24, 2.45) is 5.92 Å². The fraction of sp³-hybridized carbons (Fsp3) is 0.643. The van der Waals surface area contributed by atoms with Gasteiger partial charge in [-0.2, -0.15) is 0 Å². The van der Waals surface area contributed by atoms with Crippen molar-refractivity contribution in [2.75, 3.05) is 13.1 Å². The predicted octanol–water partition coefficient (Wildman–Crippen LogP) is 2.96. The molecule has 0 bridgehead atoms. The molecule has 0 spiro atoms. The Kier molecular flexibility index (Phi) is 6.30.